The van der Waals surface area contributed by atoms with Crippen LogP contribution in [0.25, 0.3) is 0 Å². The molecule has 2 rings (SSSR count). The van der Waals surface area contributed by atoms with Gasteiger partial charge in [-0.05, 0) is 24.7 Å². The Balaban J connectivity index is 1.97. The van der Waals surface area contributed by atoms with Crippen LogP contribution < -0.4 is 0 Å². The third kappa shape index (κ3) is 0.787. The van der Waals surface area contributed by atoms with Gasteiger partial charge in [-0.1, -0.05) is 19.3 Å². The normalized spacial score (nSPS) is 39.0. The summed E-state index contributed by atoms with van der Waals surface area (Å²) in [4.78, 5) is 0. The van der Waals surface area contributed by atoms with E-state index in [-0.39, 0.29) is 6.10 Å². The van der Waals surface area contributed by atoms with Gasteiger partial charge in [-0.15, -0.1) is 0 Å². The van der Waals surface area contributed by atoms with Crippen molar-refractivity contribution in [3.8, 4) is 0 Å². The largest absolute Gasteiger partial charge is 0.393 e. The summed E-state index contributed by atoms with van der Waals surface area (Å²) < 4.78 is 0. The Morgan fingerprint density at radius 1 is 1.11 bits per heavy atom. The number of hydrogen-bond acceptors (Lipinski definition) is 1. The Morgan fingerprint density at radius 3 is 2.00 bits per heavy atom. The van der Waals surface area contributed by atoms with E-state index in [2.05, 4.69) is 0 Å². The molecule has 1 spiro atoms. The van der Waals surface area contributed by atoms with E-state index in [9.17, 15) is 5.11 Å². The van der Waals surface area contributed by atoms with Gasteiger partial charge in [0.25, 0.3) is 0 Å². The molecule has 0 aliphatic heterocycles. The lowest BCUT2D eigenvalue weighted by Crippen LogP contribution is -2.10. The molecule has 0 radical (unpaired) electrons. The summed E-state index contributed by atoms with van der Waals surface area (Å²) in [6.45, 7) is 0. The summed E-state index contributed by atoms with van der Waals surface area (Å²) in [7, 11) is 0. The zero-order chi connectivity index (χ0) is 6.32. The van der Waals surface area contributed by atoms with Gasteiger partial charge in [-0.3, -0.25) is 0 Å². The molecule has 0 bridgehead atoms. The standard InChI is InChI=1S/C8H14O/c9-7-6-8(7)4-2-1-3-5-8/h7,9H,1-6H2. The highest BCUT2D eigenvalue weighted by atomic mass is 16.3. The van der Waals surface area contributed by atoms with Crippen LogP contribution in [0.2, 0.25) is 0 Å². The molecule has 1 atom stereocenters. The summed E-state index contributed by atoms with van der Waals surface area (Å²) in [6, 6.07) is 0. The second-order valence-corrected chi connectivity index (χ2v) is 3.64. The molecular weight excluding hydrogens is 112 g/mol. The maximum absolute atomic E-state index is 9.24. The fraction of sp³-hybridized carbons (Fsp3) is 1.00. The zero-order valence-electron chi connectivity index (χ0n) is 5.77. The molecule has 0 heterocycles. The Hall–Kier alpha value is -0.0400. The molecule has 0 aromatic rings. The number of rotatable bonds is 0. The predicted molar refractivity (Wildman–Crippen MR) is 36.1 cm³/mol. The SMILES string of the molecule is OC1CC12CCCCC2. The van der Waals surface area contributed by atoms with E-state index in [0.717, 1.165) is 6.42 Å². The van der Waals surface area contributed by atoms with Crippen LogP contribution in [0, 0.1) is 5.41 Å². The van der Waals surface area contributed by atoms with Gasteiger partial charge < -0.3 is 5.11 Å². The van der Waals surface area contributed by atoms with Crippen molar-refractivity contribution in [1.82, 2.24) is 0 Å². The Morgan fingerprint density at radius 2 is 1.67 bits per heavy atom. The highest BCUT2D eigenvalue weighted by Crippen LogP contribution is 2.56. The van der Waals surface area contributed by atoms with Gasteiger partial charge in [0.05, 0.1) is 6.10 Å². The third-order valence-corrected chi connectivity index (χ3v) is 3.00. The van der Waals surface area contributed by atoms with Crippen LogP contribution in [0.5, 0.6) is 0 Å². The maximum Gasteiger partial charge on any atom is 0.0603 e. The van der Waals surface area contributed by atoms with Crippen LogP contribution in [0.1, 0.15) is 38.5 Å². The summed E-state index contributed by atoms with van der Waals surface area (Å²) in [5, 5.41) is 9.24. The minimum Gasteiger partial charge on any atom is -0.393 e. The molecule has 0 aromatic heterocycles. The van der Waals surface area contributed by atoms with E-state index in [1.807, 2.05) is 0 Å². The molecular formula is C8H14O. The van der Waals surface area contributed by atoms with Gasteiger partial charge in [0.2, 0.25) is 0 Å². The lowest BCUT2D eigenvalue weighted by atomic mass is 9.86. The summed E-state index contributed by atoms with van der Waals surface area (Å²) in [5.41, 5.74) is 0.443. The predicted octanol–water partition coefficient (Wildman–Crippen LogP) is 1.70. The van der Waals surface area contributed by atoms with Gasteiger partial charge in [0.15, 0.2) is 0 Å². The average molecular weight is 126 g/mol. The molecule has 1 N–H and O–H groups in total. The number of aliphatic hydroxyl groups excluding tert-OH is 1. The summed E-state index contributed by atoms with van der Waals surface area (Å²) in [5.74, 6) is 0. The van der Waals surface area contributed by atoms with Crippen LogP contribution in [0.4, 0.5) is 0 Å². The molecule has 2 aliphatic rings. The first kappa shape index (κ1) is 5.72. The van der Waals surface area contributed by atoms with Crippen molar-refractivity contribution in [3.05, 3.63) is 0 Å². The molecule has 9 heavy (non-hydrogen) atoms. The van der Waals surface area contributed by atoms with E-state index >= 15 is 0 Å². The molecule has 2 saturated carbocycles. The van der Waals surface area contributed by atoms with Crippen molar-refractivity contribution >= 4 is 0 Å². The summed E-state index contributed by atoms with van der Waals surface area (Å²) >= 11 is 0. The smallest absolute Gasteiger partial charge is 0.0603 e. The van der Waals surface area contributed by atoms with Gasteiger partial charge >= 0.3 is 0 Å². The highest BCUT2D eigenvalue weighted by Gasteiger charge is 2.52. The molecule has 1 heteroatoms. The first-order chi connectivity index (χ1) is 4.33. The Bertz CT molecular complexity index is 114. The molecule has 2 aliphatic carbocycles. The highest BCUT2D eigenvalue weighted by molar-refractivity contribution is 5.03. The van der Waals surface area contributed by atoms with E-state index in [0.29, 0.717) is 5.41 Å². The average Bonchev–Trinajstić information content (AvgIpc) is 2.44. The summed E-state index contributed by atoms with van der Waals surface area (Å²) in [6.07, 6.45) is 7.90. The molecule has 1 nitrogen and oxygen atoms in total. The second-order valence-electron chi connectivity index (χ2n) is 3.64. The molecule has 0 saturated heterocycles. The molecule has 1 unspecified atom stereocenters. The topological polar surface area (TPSA) is 20.2 Å². The van der Waals surface area contributed by atoms with Crippen LogP contribution >= 0.6 is 0 Å². The van der Waals surface area contributed by atoms with E-state index in [1.165, 1.54) is 32.1 Å². The Kier molecular flexibility index (Phi) is 1.10. The first-order valence-electron chi connectivity index (χ1n) is 4.02. The molecule has 2 fully saturated rings. The fourth-order valence-electron chi connectivity index (χ4n) is 2.12. The fourth-order valence-corrected chi connectivity index (χ4v) is 2.12. The van der Waals surface area contributed by atoms with Gasteiger partial charge in [0.1, 0.15) is 0 Å². The van der Waals surface area contributed by atoms with E-state index in [1.54, 1.807) is 0 Å². The Labute approximate surface area is 56.1 Å². The number of aliphatic hydroxyl groups is 1. The van der Waals surface area contributed by atoms with Crippen molar-refractivity contribution < 1.29 is 5.11 Å². The monoisotopic (exact) mass is 126 g/mol. The van der Waals surface area contributed by atoms with Gasteiger partial charge in [-0.2, -0.15) is 0 Å². The molecule has 0 amide bonds. The number of hydrogen-bond donors (Lipinski definition) is 1. The minimum absolute atomic E-state index is 0.0813. The lowest BCUT2D eigenvalue weighted by molar-refractivity contribution is 0.186. The van der Waals surface area contributed by atoms with Crippen LogP contribution in [-0.2, 0) is 0 Å². The van der Waals surface area contributed by atoms with Crippen molar-refractivity contribution in [3.63, 3.8) is 0 Å². The van der Waals surface area contributed by atoms with Crippen molar-refractivity contribution in [1.29, 1.82) is 0 Å². The van der Waals surface area contributed by atoms with Crippen LogP contribution in [0.15, 0.2) is 0 Å². The van der Waals surface area contributed by atoms with Crippen molar-refractivity contribution in [2.45, 2.75) is 44.6 Å². The minimum atomic E-state index is 0.0813. The maximum atomic E-state index is 9.24. The van der Waals surface area contributed by atoms with Crippen molar-refractivity contribution in [2.75, 3.05) is 0 Å². The zero-order valence-corrected chi connectivity index (χ0v) is 5.77. The van der Waals surface area contributed by atoms with Crippen LogP contribution in [-0.4, -0.2) is 11.2 Å². The second kappa shape index (κ2) is 1.72. The third-order valence-electron chi connectivity index (χ3n) is 3.00. The lowest BCUT2D eigenvalue weighted by Gasteiger charge is -2.20. The van der Waals surface area contributed by atoms with Crippen molar-refractivity contribution in [2.24, 2.45) is 5.41 Å². The van der Waals surface area contributed by atoms with Gasteiger partial charge in [0, 0.05) is 0 Å². The molecule has 52 valence electrons. The quantitative estimate of drug-likeness (QED) is 0.523. The molecule has 0 aromatic carbocycles. The van der Waals surface area contributed by atoms with E-state index in [4.69, 9.17) is 0 Å². The van der Waals surface area contributed by atoms with Crippen LogP contribution in [0.3, 0.4) is 0 Å². The van der Waals surface area contributed by atoms with Gasteiger partial charge in [-0.25, -0.2) is 0 Å². The first-order valence-corrected chi connectivity index (χ1v) is 4.02. The van der Waals surface area contributed by atoms with E-state index < -0.39 is 0 Å².